The van der Waals surface area contributed by atoms with E-state index in [1.807, 2.05) is 31.2 Å². The standard InChI is InChI=1S/C23H20N2O5S/c1-15-4-2-5-16(10-15)12-28-23(27)18-6-3-9-24-22(18)31-13-21(26)25-17-7-8-19-20(11-17)30-14-29-19/h2-11H,12-14H2,1H3,(H,25,26). The summed E-state index contributed by atoms with van der Waals surface area (Å²) in [5.41, 5.74) is 2.94. The molecule has 1 aliphatic heterocycles. The number of rotatable bonds is 7. The Bertz CT molecular complexity index is 1120. The van der Waals surface area contributed by atoms with Crippen molar-refractivity contribution in [3.63, 3.8) is 0 Å². The van der Waals surface area contributed by atoms with Gasteiger partial charge in [-0.05, 0) is 36.8 Å². The maximum Gasteiger partial charge on any atom is 0.341 e. The van der Waals surface area contributed by atoms with Crippen LogP contribution in [0.5, 0.6) is 11.5 Å². The number of nitrogens with one attached hydrogen (secondary N) is 1. The monoisotopic (exact) mass is 436 g/mol. The highest BCUT2D eigenvalue weighted by Gasteiger charge is 2.17. The molecule has 1 aliphatic rings. The number of carbonyl (C=O) groups is 2. The van der Waals surface area contributed by atoms with Crippen LogP contribution in [0.15, 0.2) is 65.8 Å². The summed E-state index contributed by atoms with van der Waals surface area (Å²) >= 11 is 1.17. The first-order valence-corrected chi connectivity index (χ1v) is 10.6. The zero-order valence-electron chi connectivity index (χ0n) is 16.8. The Kier molecular flexibility index (Phi) is 6.37. The van der Waals surface area contributed by atoms with Crippen LogP contribution < -0.4 is 14.8 Å². The summed E-state index contributed by atoms with van der Waals surface area (Å²) in [7, 11) is 0. The SMILES string of the molecule is Cc1cccc(COC(=O)c2cccnc2SCC(=O)Nc2ccc3c(c2)OCO3)c1. The molecule has 7 nitrogen and oxygen atoms in total. The third-order valence-electron chi connectivity index (χ3n) is 4.44. The summed E-state index contributed by atoms with van der Waals surface area (Å²) in [6.07, 6.45) is 1.58. The molecular weight excluding hydrogens is 416 g/mol. The lowest BCUT2D eigenvalue weighted by Crippen LogP contribution is -2.15. The number of nitrogens with zero attached hydrogens (tertiary/aromatic N) is 1. The number of aromatic nitrogens is 1. The highest BCUT2D eigenvalue weighted by molar-refractivity contribution is 8.00. The highest BCUT2D eigenvalue weighted by Crippen LogP contribution is 2.34. The molecule has 8 heteroatoms. The molecule has 1 aromatic heterocycles. The lowest BCUT2D eigenvalue weighted by molar-refractivity contribution is -0.113. The number of hydrogen-bond acceptors (Lipinski definition) is 7. The lowest BCUT2D eigenvalue weighted by Gasteiger charge is -2.09. The van der Waals surface area contributed by atoms with Crippen LogP contribution in [0.1, 0.15) is 21.5 Å². The van der Waals surface area contributed by atoms with Gasteiger partial charge in [-0.3, -0.25) is 4.79 Å². The van der Waals surface area contributed by atoms with Crippen molar-refractivity contribution in [3.8, 4) is 11.5 Å². The van der Waals surface area contributed by atoms with Crippen molar-refractivity contribution >= 4 is 29.3 Å². The molecule has 1 N–H and O–H groups in total. The number of fused-ring (bicyclic) bond motifs is 1. The Labute approximate surface area is 183 Å². The molecule has 2 heterocycles. The van der Waals surface area contributed by atoms with Crippen LogP contribution in [0.25, 0.3) is 0 Å². The van der Waals surface area contributed by atoms with Crippen molar-refractivity contribution in [2.75, 3.05) is 17.9 Å². The molecule has 0 spiro atoms. The molecule has 3 aromatic rings. The van der Waals surface area contributed by atoms with Gasteiger partial charge in [0.2, 0.25) is 12.7 Å². The van der Waals surface area contributed by atoms with Gasteiger partial charge in [-0.25, -0.2) is 9.78 Å². The topological polar surface area (TPSA) is 86.8 Å². The maximum absolute atomic E-state index is 12.6. The van der Waals surface area contributed by atoms with E-state index < -0.39 is 5.97 Å². The summed E-state index contributed by atoms with van der Waals surface area (Å²) in [6, 6.07) is 16.3. The van der Waals surface area contributed by atoms with Crippen LogP contribution in [0.3, 0.4) is 0 Å². The normalized spacial score (nSPS) is 11.8. The molecule has 31 heavy (non-hydrogen) atoms. The predicted molar refractivity (Wildman–Crippen MR) is 116 cm³/mol. The van der Waals surface area contributed by atoms with E-state index in [2.05, 4.69) is 10.3 Å². The molecule has 0 saturated heterocycles. The minimum Gasteiger partial charge on any atom is -0.457 e. The number of pyridine rings is 1. The number of hydrogen-bond donors (Lipinski definition) is 1. The average Bonchev–Trinajstić information content (AvgIpc) is 3.24. The minimum atomic E-state index is -0.478. The van der Waals surface area contributed by atoms with Gasteiger partial charge in [0.15, 0.2) is 11.5 Å². The van der Waals surface area contributed by atoms with E-state index in [1.54, 1.807) is 36.5 Å². The molecule has 0 atom stereocenters. The Hall–Kier alpha value is -3.52. The number of amides is 1. The molecule has 0 bridgehead atoms. The molecule has 0 aliphatic carbocycles. The van der Waals surface area contributed by atoms with E-state index in [0.717, 1.165) is 11.1 Å². The minimum absolute atomic E-state index is 0.0869. The molecule has 0 radical (unpaired) electrons. The van der Waals surface area contributed by atoms with Gasteiger partial charge in [0, 0.05) is 18.0 Å². The summed E-state index contributed by atoms with van der Waals surface area (Å²) < 4.78 is 16.0. The predicted octanol–water partition coefficient (Wildman–Crippen LogP) is 4.21. The number of carbonyl (C=O) groups excluding carboxylic acids is 2. The van der Waals surface area contributed by atoms with E-state index in [0.29, 0.717) is 27.8 Å². The van der Waals surface area contributed by atoms with E-state index >= 15 is 0 Å². The summed E-state index contributed by atoms with van der Waals surface area (Å²) in [6.45, 7) is 2.32. The average molecular weight is 436 g/mol. The summed E-state index contributed by atoms with van der Waals surface area (Å²) in [5, 5.41) is 3.25. The van der Waals surface area contributed by atoms with E-state index in [4.69, 9.17) is 14.2 Å². The van der Waals surface area contributed by atoms with Gasteiger partial charge >= 0.3 is 5.97 Å². The van der Waals surface area contributed by atoms with E-state index in [9.17, 15) is 9.59 Å². The number of anilines is 1. The van der Waals surface area contributed by atoms with Crippen LogP contribution in [-0.2, 0) is 16.1 Å². The first-order chi connectivity index (χ1) is 15.1. The fraction of sp³-hybridized carbons (Fsp3) is 0.174. The van der Waals surface area contributed by atoms with Crippen LogP contribution in [0.2, 0.25) is 0 Å². The van der Waals surface area contributed by atoms with Gasteiger partial charge in [0.25, 0.3) is 0 Å². The lowest BCUT2D eigenvalue weighted by atomic mass is 10.1. The molecule has 158 valence electrons. The van der Waals surface area contributed by atoms with Crippen LogP contribution in [0, 0.1) is 6.92 Å². The van der Waals surface area contributed by atoms with Crippen LogP contribution in [-0.4, -0.2) is 29.4 Å². The van der Waals surface area contributed by atoms with Crippen molar-refractivity contribution in [2.24, 2.45) is 0 Å². The highest BCUT2D eigenvalue weighted by atomic mass is 32.2. The first-order valence-electron chi connectivity index (χ1n) is 9.58. The first kappa shape index (κ1) is 20.7. The largest absolute Gasteiger partial charge is 0.457 e. The molecular formula is C23H20N2O5S. The van der Waals surface area contributed by atoms with Crippen LogP contribution in [0.4, 0.5) is 5.69 Å². The second kappa shape index (κ2) is 9.53. The molecule has 4 rings (SSSR count). The third-order valence-corrected chi connectivity index (χ3v) is 5.45. The number of esters is 1. The second-order valence-electron chi connectivity index (χ2n) is 6.83. The molecule has 0 fully saturated rings. The molecule has 1 amide bonds. The van der Waals surface area contributed by atoms with Gasteiger partial charge < -0.3 is 19.5 Å². The van der Waals surface area contributed by atoms with Gasteiger partial charge in [-0.2, -0.15) is 0 Å². The fourth-order valence-electron chi connectivity index (χ4n) is 3.00. The Morgan fingerprint density at radius 2 is 1.97 bits per heavy atom. The van der Waals surface area contributed by atoms with Crippen molar-refractivity contribution < 1.29 is 23.8 Å². The molecule has 0 saturated carbocycles. The summed E-state index contributed by atoms with van der Waals surface area (Å²) in [4.78, 5) is 29.2. The van der Waals surface area contributed by atoms with Gasteiger partial charge in [0.05, 0.1) is 11.3 Å². The van der Waals surface area contributed by atoms with E-state index in [1.165, 1.54) is 11.8 Å². The fourth-order valence-corrected chi connectivity index (χ4v) is 3.78. The molecule has 0 unspecified atom stereocenters. The smallest absolute Gasteiger partial charge is 0.341 e. The molecule has 2 aromatic carbocycles. The Morgan fingerprint density at radius 3 is 2.84 bits per heavy atom. The second-order valence-corrected chi connectivity index (χ2v) is 7.79. The van der Waals surface area contributed by atoms with Crippen molar-refractivity contribution in [3.05, 3.63) is 77.5 Å². The van der Waals surface area contributed by atoms with Gasteiger partial charge in [-0.1, -0.05) is 41.6 Å². The zero-order valence-corrected chi connectivity index (χ0v) is 17.6. The van der Waals surface area contributed by atoms with Crippen LogP contribution >= 0.6 is 11.8 Å². The number of ether oxygens (including phenoxy) is 3. The zero-order chi connectivity index (χ0) is 21.6. The van der Waals surface area contributed by atoms with E-state index in [-0.39, 0.29) is 25.1 Å². The third kappa shape index (κ3) is 5.35. The Morgan fingerprint density at radius 1 is 1.10 bits per heavy atom. The van der Waals surface area contributed by atoms with Crippen molar-refractivity contribution in [2.45, 2.75) is 18.6 Å². The summed E-state index contributed by atoms with van der Waals surface area (Å²) in [5.74, 6) is 0.620. The Balaban J connectivity index is 1.34. The number of thioether (sulfide) groups is 1. The number of benzene rings is 2. The van der Waals surface area contributed by atoms with Gasteiger partial charge in [0.1, 0.15) is 11.6 Å². The number of aryl methyl sites for hydroxylation is 1. The quantitative estimate of drug-likeness (QED) is 0.439. The maximum atomic E-state index is 12.6. The van der Waals surface area contributed by atoms with Crippen molar-refractivity contribution in [1.29, 1.82) is 0 Å². The van der Waals surface area contributed by atoms with Gasteiger partial charge in [-0.15, -0.1) is 0 Å². The van der Waals surface area contributed by atoms with Crippen molar-refractivity contribution in [1.82, 2.24) is 4.98 Å².